The van der Waals surface area contributed by atoms with Crippen molar-refractivity contribution in [2.45, 2.75) is 25.8 Å². The van der Waals surface area contributed by atoms with Gasteiger partial charge in [-0.2, -0.15) is 0 Å². The molecule has 0 saturated heterocycles. The number of halogens is 1. The van der Waals surface area contributed by atoms with E-state index in [1.165, 1.54) is 11.6 Å². The Bertz CT molecular complexity index is 560. The molecule has 3 nitrogen and oxygen atoms in total. The second-order valence-electron chi connectivity index (χ2n) is 4.98. The van der Waals surface area contributed by atoms with Gasteiger partial charge in [0.1, 0.15) is 0 Å². The molecular weight excluding hydrogens is 267 g/mol. The topological polar surface area (TPSA) is 34.1 Å². The second kappa shape index (κ2) is 7.74. The highest BCUT2D eigenvalue weighted by molar-refractivity contribution is 5.37. The van der Waals surface area contributed by atoms with Gasteiger partial charge in [0.15, 0.2) is 11.6 Å². The molecular formula is C17H21FN2O. The molecule has 2 rings (SSSR count). The van der Waals surface area contributed by atoms with Crippen molar-refractivity contribution >= 4 is 0 Å². The normalized spacial score (nSPS) is 12.1. The molecule has 1 aromatic carbocycles. The number of pyridine rings is 1. The van der Waals surface area contributed by atoms with Gasteiger partial charge in [-0.3, -0.25) is 4.98 Å². The Kier molecular flexibility index (Phi) is 5.69. The monoisotopic (exact) mass is 288 g/mol. The van der Waals surface area contributed by atoms with E-state index in [1.54, 1.807) is 18.5 Å². The lowest BCUT2D eigenvalue weighted by Crippen LogP contribution is -2.15. The van der Waals surface area contributed by atoms with Gasteiger partial charge in [-0.25, -0.2) is 4.39 Å². The van der Waals surface area contributed by atoms with E-state index in [1.807, 2.05) is 32.2 Å². The average Bonchev–Trinajstić information content (AvgIpc) is 2.53. The summed E-state index contributed by atoms with van der Waals surface area (Å²) in [6.45, 7) is 2.48. The number of para-hydroxylation sites is 1. The number of nitrogens with one attached hydrogen (secondary N) is 1. The predicted octanol–water partition coefficient (Wildman–Crippen LogP) is 3.51. The zero-order valence-electron chi connectivity index (χ0n) is 12.5. The van der Waals surface area contributed by atoms with Crippen molar-refractivity contribution < 1.29 is 9.13 Å². The zero-order valence-corrected chi connectivity index (χ0v) is 12.5. The maximum absolute atomic E-state index is 13.9. The minimum atomic E-state index is -0.307. The summed E-state index contributed by atoms with van der Waals surface area (Å²) in [5.74, 6) is 0.0487. The van der Waals surface area contributed by atoms with E-state index >= 15 is 0 Å². The smallest absolute Gasteiger partial charge is 0.165 e. The highest BCUT2D eigenvalue weighted by atomic mass is 19.1. The fourth-order valence-electron chi connectivity index (χ4n) is 2.17. The third kappa shape index (κ3) is 4.26. The number of benzene rings is 1. The fourth-order valence-corrected chi connectivity index (χ4v) is 2.17. The number of hydrogen-bond donors (Lipinski definition) is 1. The molecule has 0 aliphatic carbocycles. The molecule has 0 aliphatic heterocycles. The Labute approximate surface area is 125 Å². The summed E-state index contributed by atoms with van der Waals surface area (Å²) in [6, 6.07) is 9.06. The molecule has 0 saturated carbocycles. The van der Waals surface area contributed by atoms with E-state index in [2.05, 4.69) is 10.3 Å². The van der Waals surface area contributed by atoms with Crippen LogP contribution in [0.2, 0.25) is 0 Å². The van der Waals surface area contributed by atoms with Crippen LogP contribution in [0.1, 0.15) is 30.5 Å². The lowest BCUT2D eigenvalue weighted by Gasteiger charge is -2.17. The van der Waals surface area contributed by atoms with E-state index < -0.39 is 0 Å². The van der Waals surface area contributed by atoms with Gasteiger partial charge in [-0.05, 0) is 50.6 Å². The minimum absolute atomic E-state index is 0.0518. The zero-order chi connectivity index (χ0) is 15.1. The Balaban J connectivity index is 1.93. The summed E-state index contributed by atoms with van der Waals surface area (Å²) in [5.41, 5.74) is 2.06. The summed E-state index contributed by atoms with van der Waals surface area (Å²) in [7, 11) is 1.85. The van der Waals surface area contributed by atoms with Crippen molar-refractivity contribution in [3.8, 4) is 5.75 Å². The van der Waals surface area contributed by atoms with Crippen molar-refractivity contribution in [3.63, 3.8) is 0 Å². The molecule has 1 aromatic heterocycles. The number of hydrogen-bond acceptors (Lipinski definition) is 3. The van der Waals surface area contributed by atoms with Gasteiger partial charge in [0.05, 0.1) is 6.61 Å². The van der Waals surface area contributed by atoms with Gasteiger partial charge in [0.2, 0.25) is 0 Å². The minimum Gasteiger partial charge on any atom is -0.490 e. The molecule has 4 heteroatoms. The van der Waals surface area contributed by atoms with Gasteiger partial charge >= 0.3 is 0 Å². The Morgan fingerprint density at radius 3 is 2.71 bits per heavy atom. The van der Waals surface area contributed by atoms with Crippen LogP contribution < -0.4 is 10.1 Å². The lowest BCUT2D eigenvalue weighted by atomic mass is 10.1. The Hall–Kier alpha value is -1.94. The van der Waals surface area contributed by atoms with Crippen molar-refractivity contribution in [2.24, 2.45) is 0 Å². The molecule has 21 heavy (non-hydrogen) atoms. The van der Waals surface area contributed by atoms with Gasteiger partial charge in [-0.1, -0.05) is 12.1 Å². The fraction of sp³-hybridized carbons (Fsp3) is 0.353. The van der Waals surface area contributed by atoms with Gasteiger partial charge in [-0.15, -0.1) is 0 Å². The van der Waals surface area contributed by atoms with E-state index in [-0.39, 0.29) is 11.9 Å². The van der Waals surface area contributed by atoms with Crippen molar-refractivity contribution in [3.05, 3.63) is 59.7 Å². The second-order valence-corrected chi connectivity index (χ2v) is 4.98. The molecule has 0 fully saturated rings. The van der Waals surface area contributed by atoms with Crippen molar-refractivity contribution in [1.29, 1.82) is 0 Å². The first-order chi connectivity index (χ1) is 10.2. The van der Waals surface area contributed by atoms with Crippen LogP contribution in [-0.2, 0) is 6.42 Å². The molecule has 1 heterocycles. The van der Waals surface area contributed by atoms with Crippen LogP contribution in [0.25, 0.3) is 0 Å². The molecule has 1 unspecified atom stereocenters. The molecule has 2 aromatic rings. The first-order valence-corrected chi connectivity index (χ1v) is 7.19. The SMILES string of the molecule is CNC(C)c1cccc(F)c1OCCCc1ccncc1. The lowest BCUT2D eigenvalue weighted by molar-refractivity contribution is 0.290. The third-order valence-corrected chi connectivity index (χ3v) is 3.50. The molecule has 0 spiro atoms. The van der Waals surface area contributed by atoms with Crippen LogP contribution >= 0.6 is 0 Å². The maximum Gasteiger partial charge on any atom is 0.165 e. The van der Waals surface area contributed by atoms with E-state index in [9.17, 15) is 4.39 Å². The number of aromatic nitrogens is 1. The molecule has 1 atom stereocenters. The van der Waals surface area contributed by atoms with E-state index in [0.29, 0.717) is 12.4 Å². The van der Waals surface area contributed by atoms with Gasteiger partial charge in [0, 0.05) is 24.0 Å². The average molecular weight is 288 g/mol. The van der Waals surface area contributed by atoms with Gasteiger partial charge < -0.3 is 10.1 Å². The largest absolute Gasteiger partial charge is 0.490 e. The summed E-state index contributed by atoms with van der Waals surface area (Å²) < 4.78 is 19.6. The summed E-state index contributed by atoms with van der Waals surface area (Å²) >= 11 is 0. The highest BCUT2D eigenvalue weighted by Crippen LogP contribution is 2.28. The molecule has 0 bridgehead atoms. The maximum atomic E-state index is 13.9. The predicted molar refractivity (Wildman–Crippen MR) is 81.9 cm³/mol. The first kappa shape index (κ1) is 15.4. The Morgan fingerprint density at radius 1 is 1.24 bits per heavy atom. The van der Waals surface area contributed by atoms with E-state index in [0.717, 1.165) is 18.4 Å². The van der Waals surface area contributed by atoms with Crippen LogP contribution in [0, 0.1) is 5.82 Å². The highest BCUT2D eigenvalue weighted by Gasteiger charge is 2.14. The number of rotatable bonds is 7. The standard InChI is InChI=1S/C17H21FN2O/c1-13(19-2)15-6-3-7-16(18)17(15)21-12-4-5-14-8-10-20-11-9-14/h3,6-11,13,19H,4-5,12H2,1-2H3. The molecule has 1 N–H and O–H groups in total. The quantitative estimate of drug-likeness (QED) is 0.792. The van der Waals surface area contributed by atoms with Crippen LogP contribution in [0.3, 0.4) is 0 Å². The van der Waals surface area contributed by atoms with Crippen LogP contribution in [0.5, 0.6) is 5.75 Å². The summed E-state index contributed by atoms with van der Waals surface area (Å²) in [5, 5.41) is 3.11. The van der Waals surface area contributed by atoms with Crippen molar-refractivity contribution in [1.82, 2.24) is 10.3 Å². The summed E-state index contributed by atoms with van der Waals surface area (Å²) in [4.78, 5) is 3.99. The van der Waals surface area contributed by atoms with Crippen LogP contribution in [0.4, 0.5) is 4.39 Å². The van der Waals surface area contributed by atoms with E-state index in [4.69, 9.17) is 4.74 Å². The number of ether oxygens (including phenoxy) is 1. The molecule has 0 radical (unpaired) electrons. The van der Waals surface area contributed by atoms with Crippen LogP contribution in [0.15, 0.2) is 42.7 Å². The number of aryl methyl sites for hydroxylation is 1. The third-order valence-electron chi connectivity index (χ3n) is 3.50. The molecule has 0 amide bonds. The molecule has 112 valence electrons. The Morgan fingerprint density at radius 2 is 2.00 bits per heavy atom. The van der Waals surface area contributed by atoms with Gasteiger partial charge in [0.25, 0.3) is 0 Å². The summed E-state index contributed by atoms with van der Waals surface area (Å²) in [6.07, 6.45) is 5.29. The molecule has 0 aliphatic rings. The van der Waals surface area contributed by atoms with Crippen LogP contribution in [-0.4, -0.2) is 18.6 Å². The van der Waals surface area contributed by atoms with Crippen molar-refractivity contribution in [2.75, 3.05) is 13.7 Å². The number of nitrogens with zero attached hydrogens (tertiary/aromatic N) is 1. The first-order valence-electron chi connectivity index (χ1n) is 7.19.